The van der Waals surface area contributed by atoms with Crippen LogP contribution in [0.25, 0.3) is 22.0 Å². The Morgan fingerprint density at radius 3 is 2.62 bits per heavy atom. The molecule has 3 aromatic rings. The topological polar surface area (TPSA) is 68.4 Å². The minimum atomic E-state index is 0.242. The van der Waals surface area contributed by atoms with E-state index in [1.165, 1.54) is 35.2 Å². The molecule has 0 spiro atoms. The van der Waals surface area contributed by atoms with Crippen LogP contribution in [0.1, 0.15) is 30.5 Å². The van der Waals surface area contributed by atoms with Crippen molar-refractivity contribution < 1.29 is 9.53 Å². The molecule has 0 unspecified atom stereocenters. The van der Waals surface area contributed by atoms with Gasteiger partial charge in [-0.05, 0) is 73.1 Å². The second kappa shape index (κ2) is 7.48. The fraction of sp³-hybridized carbons (Fsp3) is 0.333. The zero-order valence-corrected chi connectivity index (χ0v) is 16.4. The van der Waals surface area contributed by atoms with Crippen molar-refractivity contribution in [1.82, 2.24) is 4.98 Å². The molecule has 1 aliphatic heterocycles. The number of aromatic nitrogens is 1. The molecule has 2 heterocycles. The van der Waals surface area contributed by atoms with Gasteiger partial charge in [-0.3, -0.25) is 9.78 Å². The third-order valence-electron chi connectivity index (χ3n) is 6.14. The molecule has 1 aliphatic carbocycles. The summed E-state index contributed by atoms with van der Waals surface area (Å²) in [6.07, 6.45) is 5.65. The number of anilines is 1. The molecule has 29 heavy (non-hydrogen) atoms. The van der Waals surface area contributed by atoms with Crippen molar-refractivity contribution >= 4 is 23.1 Å². The van der Waals surface area contributed by atoms with Crippen molar-refractivity contribution in [1.29, 1.82) is 0 Å². The molecular weight excluding hydrogens is 362 g/mol. The van der Waals surface area contributed by atoms with Crippen LogP contribution in [0.3, 0.4) is 0 Å². The molecule has 148 valence electrons. The van der Waals surface area contributed by atoms with E-state index in [0.29, 0.717) is 12.2 Å². The first-order chi connectivity index (χ1) is 14.2. The molecule has 2 aliphatic rings. The Balaban J connectivity index is 1.64. The van der Waals surface area contributed by atoms with E-state index in [9.17, 15) is 4.79 Å². The van der Waals surface area contributed by atoms with Crippen LogP contribution < -0.4 is 15.4 Å². The van der Waals surface area contributed by atoms with Crippen LogP contribution in [0.2, 0.25) is 0 Å². The Labute approximate surface area is 170 Å². The van der Waals surface area contributed by atoms with Crippen molar-refractivity contribution in [2.75, 3.05) is 18.0 Å². The van der Waals surface area contributed by atoms with Crippen LogP contribution >= 0.6 is 0 Å². The highest BCUT2D eigenvalue weighted by molar-refractivity contribution is 5.97. The quantitative estimate of drug-likeness (QED) is 0.689. The van der Waals surface area contributed by atoms with Gasteiger partial charge in [-0.25, -0.2) is 0 Å². The minimum absolute atomic E-state index is 0.242. The van der Waals surface area contributed by atoms with Gasteiger partial charge in [0.1, 0.15) is 5.75 Å². The third-order valence-corrected chi connectivity index (χ3v) is 6.14. The normalized spacial score (nSPS) is 18.7. The Kier molecular flexibility index (Phi) is 4.68. The lowest BCUT2D eigenvalue weighted by atomic mass is 9.91. The van der Waals surface area contributed by atoms with Gasteiger partial charge in [0.25, 0.3) is 6.47 Å². The van der Waals surface area contributed by atoms with Crippen LogP contribution in [0.4, 0.5) is 5.69 Å². The highest BCUT2D eigenvalue weighted by Crippen LogP contribution is 2.39. The summed E-state index contributed by atoms with van der Waals surface area (Å²) in [5, 5.41) is 1.21. The lowest BCUT2D eigenvalue weighted by molar-refractivity contribution is -0.120. The lowest BCUT2D eigenvalue weighted by Gasteiger charge is -2.28. The van der Waals surface area contributed by atoms with Gasteiger partial charge in [-0.15, -0.1) is 0 Å². The SMILES string of the molecule is N[C@H]1CCN(c2c3c(nc4ccc(-c5ccc(OC=O)cc5)cc24)CCCC3)C1. The number of carbonyl (C=O) groups excluding carboxylic acids is 1. The summed E-state index contributed by atoms with van der Waals surface area (Å²) in [6, 6.07) is 14.4. The molecule has 0 amide bonds. The van der Waals surface area contributed by atoms with Crippen molar-refractivity contribution in [3.05, 3.63) is 53.7 Å². The lowest BCUT2D eigenvalue weighted by Crippen LogP contribution is -2.28. The van der Waals surface area contributed by atoms with Gasteiger partial charge in [0.15, 0.2) is 0 Å². The molecular formula is C24H25N3O2. The van der Waals surface area contributed by atoms with Crippen LogP contribution in [-0.2, 0) is 17.6 Å². The van der Waals surface area contributed by atoms with Crippen LogP contribution in [0.5, 0.6) is 5.75 Å². The maximum Gasteiger partial charge on any atom is 0.298 e. The van der Waals surface area contributed by atoms with Crippen molar-refractivity contribution in [2.24, 2.45) is 5.73 Å². The molecule has 2 N–H and O–H groups in total. The summed E-state index contributed by atoms with van der Waals surface area (Å²) in [5.41, 5.74) is 13.6. The Morgan fingerprint density at radius 2 is 1.86 bits per heavy atom. The van der Waals surface area contributed by atoms with E-state index < -0.39 is 0 Å². The molecule has 5 heteroatoms. The van der Waals surface area contributed by atoms with Gasteiger partial charge >= 0.3 is 0 Å². The van der Waals surface area contributed by atoms with Gasteiger partial charge in [0, 0.05) is 30.2 Å². The molecule has 0 radical (unpaired) electrons. The van der Waals surface area contributed by atoms with E-state index in [0.717, 1.165) is 49.0 Å². The van der Waals surface area contributed by atoms with Gasteiger partial charge in [-0.2, -0.15) is 0 Å². The van der Waals surface area contributed by atoms with Crippen LogP contribution in [-0.4, -0.2) is 30.6 Å². The molecule has 1 atom stereocenters. The predicted octanol–water partition coefficient (Wildman–Crippen LogP) is 3.85. The smallest absolute Gasteiger partial charge is 0.298 e. The standard InChI is InChI=1S/C24H25N3O2/c25-18-11-12-27(14-18)24-20-3-1-2-4-22(20)26-23-10-7-17(13-21(23)24)16-5-8-19(9-6-16)29-15-28/h5-10,13,15,18H,1-4,11-12,14,25H2/t18-/m0/s1. The van der Waals surface area contributed by atoms with E-state index >= 15 is 0 Å². The monoisotopic (exact) mass is 387 g/mol. The highest BCUT2D eigenvalue weighted by atomic mass is 16.5. The van der Waals surface area contributed by atoms with E-state index in [1.807, 2.05) is 24.3 Å². The number of hydrogen-bond acceptors (Lipinski definition) is 5. The Bertz CT molecular complexity index is 1060. The second-order valence-electron chi connectivity index (χ2n) is 8.06. The first-order valence-electron chi connectivity index (χ1n) is 10.4. The average molecular weight is 387 g/mol. The van der Waals surface area contributed by atoms with E-state index in [4.69, 9.17) is 15.5 Å². The van der Waals surface area contributed by atoms with E-state index in [2.05, 4.69) is 23.1 Å². The molecule has 5 rings (SSSR count). The number of hydrogen-bond donors (Lipinski definition) is 1. The summed E-state index contributed by atoms with van der Waals surface area (Å²) >= 11 is 0. The fourth-order valence-corrected chi connectivity index (χ4v) is 4.71. The molecule has 1 fully saturated rings. The summed E-state index contributed by atoms with van der Waals surface area (Å²) in [6.45, 7) is 2.37. The van der Waals surface area contributed by atoms with Crippen molar-refractivity contribution in [3.63, 3.8) is 0 Å². The molecule has 1 saturated heterocycles. The first kappa shape index (κ1) is 18.1. The second-order valence-corrected chi connectivity index (χ2v) is 8.06. The van der Waals surface area contributed by atoms with E-state index in [-0.39, 0.29) is 6.04 Å². The number of nitrogens with zero attached hydrogens (tertiary/aromatic N) is 2. The maximum atomic E-state index is 10.5. The molecule has 5 nitrogen and oxygen atoms in total. The maximum absolute atomic E-state index is 10.5. The zero-order valence-electron chi connectivity index (χ0n) is 16.4. The molecule has 0 saturated carbocycles. The van der Waals surface area contributed by atoms with Crippen LogP contribution in [0, 0.1) is 0 Å². The Morgan fingerprint density at radius 1 is 1.07 bits per heavy atom. The van der Waals surface area contributed by atoms with Crippen molar-refractivity contribution in [2.45, 2.75) is 38.1 Å². The Hall–Kier alpha value is -2.92. The van der Waals surface area contributed by atoms with E-state index in [1.54, 1.807) is 0 Å². The number of fused-ring (bicyclic) bond motifs is 2. The summed E-state index contributed by atoms with van der Waals surface area (Å²) in [5.74, 6) is 0.548. The van der Waals surface area contributed by atoms with Gasteiger partial charge in [0.2, 0.25) is 0 Å². The average Bonchev–Trinajstić information content (AvgIpc) is 3.18. The molecule has 0 bridgehead atoms. The summed E-state index contributed by atoms with van der Waals surface area (Å²) in [4.78, 5) is 18.0. The molecule has 1 aromatic heterocycles. The number of pyridine rings is 1. The zero-order chi connectivity index (χ0) is 19.8. The number of ether oxygens (including phenoxy) is 1. The highest BCUT2D eigenvalue weighted by Gasteiger charge is 2.26. The largest absolute Gasteiger partial charge is 0.429 e. The first-order valence-corrected chi connectivity index (χ1v) is 10.4. The van der Waals surface area contributed by atoms with Gasteiger partial charge < -0.3 is 15.4 Å². The molecule has 2 aromatic carbocycles. The fourth-order valence-electron chi connectivity index (χ4n) is 4.71. The summed E-state index contributed by atoms with van der Waals surface area (Å²) < 4.78 is 4.92. The van der Waals surface area contributed by atoms with Gasteiger partial charge in [-0.1, -0.05) is 18.2 Å². The number of aryl methyl sites for hydroxylation is 1. The number of rotatable bonds is 4. The summed E-state index contributed by atoms with van der Waals surface area (Å²) in [7, 11) is 0. The minimum Gasteiger partial charge on any atom is -0.429 e. The number of nitrogens with two attached hydrogens (primary N) is 1. The number of carbonyl (C=O) groups is 1. The predicted molar refractivity (Wildman–Crippen MR) is 115 cm³/mol. The third kappa shape index (κ3) is 3.36. The number of benzene rings is 2. The van der Waals surface area contributed by atoms with Crippen molar-refractivity contribution in [3.8, 4) is 16.9 Å². The van der Waals surface area contributed by atoms with Crippen LogP contribution in [0.15, 0.2) is 42.5 Å². The van der Waals surface area contributed by atoms with Gasteiger partial charge in [0.05, 0.1) is 11.2 Å².